The molecule has 0 heterocycles. The molecule has 0 fully saturated rings. The van der Waals surface area contributed by atoms with Crippen molar-refractivity contribution in [1.29, 1.82) is 0 Å². The Bertz CT molecular complexity index is 588. The topological polar surface area (TPSA) is 46.2 Å². The molecule has 116 valence electrons. The highest BCUT2D eigenvalue weighted by Gasteiger charge is 2.11. The molecule has 1 aromatic carbocycles. The molecule has 0 radical (unpaired) electrons. The number of aryl methyl sites for hydroxylation is 1. The summed E-state index contributed by atoms with van der Waals surface area (Å²) < 4.78 is 26.7. The van der Waals surface area contributed by atoms with Crippen LogP contribution in [-0.4, -0.2) is 15.0 Å². The molecule has 0 saturated carbocycles. The molecule has 0 aliphatic carbocycles. The number of hydrogen-bond acceptors (Lipinski definition) is 2. The largest absolute Gasteiger partial charge is 0.240 e. The Labute approximate surface area is 128 Å². The van der Waals surface area contributed by atoms with Gasteiger partial charge in [0.2, 0.25) is 10.0 Å². The van der Waals surface area contributed by atoms with Crippen molar-refractivity contribution >= 4 is 10.0 Å². The molecule has 4 heteroatoms. The molecular formula is C17H25NO2S. The molecule has 0 saturated heterocycles. The first-order valence-corrected chi connectivity index (χ1v) is 8.97. The standard InChI is InChI=1S/C17H25NO2S/c1-4-16(5-2)9-7-6-8-14-18-21(19,20)17-12-10-15(3)11-13-17/h7,10-13,18H,4-6,8,14H2,1-3H3. The molecule has 0 unspecified atom stereocenters. The lowest BCUT2D eigenvalue weighted by molar-refractivity contribution is 0.579. The number of unbranched alkanes of at least 4 members (excludes halogenated alkanes) is 1. The maximum atomic E-state index is 12.0. The van der Waals surface area contributed by atoms with E-state index in [0.29, 0.717) is 11.4 Å². The lowest BCUT2D eigenvalue weighted by atomic mass is 10.1. The van der Waals surface area contributed by atoms with Gasteiger partial charge in [0.15, 0.2) is 0 Å². The van der Waals surface area contributed by atoms with Crippen LogP contribution in [0.25, 0.3) is 0 Å². The highest BCUT2D eigenvalue weighted by Crippen LogP contribution is 2.10. The summed E-state index contributed by atoms with van der Waals surface area (Å²) in [6.45, 7) is 6.62. The second kappa shape index (κ2) is 8.83. The molecule has 1 rings (SSSR count). The lowest BCUT2D eigenvalue weighted by Crippen LogP contribution is -2.24. The Balaban J connectivity index is 2.45. The van der Waals surface area contributed by atoms with Gasteiger partial charge in [0.1, 0.15) is 0 Å². The first-order valence-electron chi connectivity index (χ1n) is 7.48. The minimum atomic E-state index is -3.38. The fourth-order valence-corrected chi connectivity index (χ4v) is 2.96. The smallest absolute Gasteiger partial charge is 0.211 e. The van der Waals surface area contributed by atoms with Gasteiger partial charge in [-0.2, -0.15) is 0 Å². The number of benzene rings is 1. The zero-order valence-corrected chi connectivity index (χ0v) is 14.0. The molecule has 0 spiro atoms. The summed E-state index contributed by atoms with van der Waals surface area (Å²) in [5.74, 6) is 0. The highest BCUT2D eigenvalue weighted by molar-refractivity contribution is 7.89. The average molecular weight is 307 g/mol. The second-order valence-corrected chi connectivity index (χ2v) is 6.78. The Morgan fingerprint density at radius 2 is 1.81 bits per heavy atom. The summed E-state index contributed by atoms with van der Waals surface area (Å²) in [4.78, 5) is 0.322. The van der Waals surface area contributed by atoms with Gasteiger partial charge in [-0.3, -0.25) is 0 Å². The van der Waals surface area contributed by atoms with Crippen molar-refractivity contribution < 1.29 is 8.42 Å². The molecule has 0 atom stereocenters. The first kappa shape index (κ1) is 17.7. The third-order valence-corrected chi connectivity index (χ3v) is 4.79. The van der Waals surface area contributed by atoms with E-state index in [1.54, 1.807) is 24.3 Å². The second-order valence-electron chi connectivity index (χ2n) is 5.01. The highest BCUT2D eigenvalue weighted by atomic mass is 32.2. The SMILES string of the molecule is CCC(=C=CCCCNS(=O)(=O)c1ccc(C)cc1)CC. The molecule has 0 amide bonds. The van der Waals surface area contributed by atoms with Crippen molar-refractivity contribution in [3.05, 3.63) is 47.2 Å². The summed E-state index contributed by atoms with van der Waals surface area (Å²) in [7, 11) is -3.38. The van der Waals surface area contributed by atoms with Gasteiger partial charge in [-0.15, -0.1) is 5.73 Å². The fraction of sp³-hybridized carbons (Fsp3) is 0.471. The van der Waals surface area contributed by atoms with Gasteiger partial charge < -0.3 is 0 Å². The van der Waals surface area contributed by atoms with Crippen LogP contribution >= 0.6 is 0 Å². The maximum Gasteiger partial charge on any atom is 0.240 e. The Kier molecular flexibility index (Phi) is 7.44. The summed E-state index contributed by atoms with van der Waals surface area (Å²) >= 11 is 0. The Hall–Kier alpha value is -1.35. The van der Waals surface area contributed by atoms with E-state index in [1.165, 1.54) is 5.57 Å². The van der Waals surface area contributed by atoms with E-state index in [0.717, 1.165) is 31.2 Å². The van der Waals surface area contributed by atoms with Gasteiger partial charge in [-0.05, 0) is 56.4 Å². The van der Waals surface area contributed by atoms with Crippen molar-refractivity contribution in [2.24, 2.45) is 0 Å². The minimum absolute atomic E-state index is 0.322. The van der Waals surface area contributed by atoms with E-state index in [-0.39, 0.29) is 0 Å². The maximum absolute atomic E-state index is 12.0. The van der Waals surface area contributed by atoms with Gasteiger partial charge in [0, 0.05) is 6.54 Å². The normalized spacial score (nSPS) is 11.0. The lowest BCUT2D eigenvalue weighted by Gasteiger charge is -2.06. The summed E-state index contributed by atoms with van der Waals surface area (Å²) in [6.07, 6.45) is 5.65. The number of sulfonamides is 1. The molecule has 1 aromatic rings. The number of nitrogens with one attached hydrogen (secondary N) is 1. The summed E-state index contributed by atoms with van der Waals surface area (Å²) in [5.41, 5.74) is 5.62. The monoisotopic (exact) mass is 307 g/mol. The van der Waals surface area contributed by atoms with Crippen molar-refractivity contribution in [1.82, 2.24) is 4.72 Å². The number of rotatable bonds is 8. The van der Waals surface area contributed by atoms with E-state index in [1.807, 2.05) is 13.0 Å². The van der Waals surface area contributed by atoms with E-state index in [4.69, 9.17) is 0 Å². The molecule has 1 N–H and O–H groups in total. The van der Waals surface area contributed by atoms with Crippen molar-refractivity contribution in [2.45, 2.75) is 51.3 Å². The molecule has 0 aliphatic rings. The van der Waals surface area contributed by atoms with Gasteiger partial charge in [-0.1, -0.05) is 31.5 Å². The van der Waals surface area contributed by atoms with E-state index in [2.05, 4.69) is 24.3 Å². The van der Waals surface area contributed by atoms with E-state index in [9.17, 15) is 8.42 Å². The van der Waals surface area contributed by atoms with E-state index >= 15 is 0 Å². The predicted octanol–water partition coefficient (Wildman–Crippen LogP) is 3.96. The van der Waals surface area contributed by atoms with E-state index < -0.39 is 10.0 Å². The summed E-state index contributed by atoms with van der Waals surface area (Å²) in [5, 5.41) is 0. The van der Waals surface area contributed by atoms with Crippen LogP contribution in [0, 0.1) is 6.92 Å². The molecule has 0 aliphatic heterocycles. The van der Waals surface area contributed by atoms with Crippen LogP contribution in [0.5, 0.6) is 0 Å². The van der Waals surface area contributed by atoms with Crippen LogP contribution in [-0.2, 0) is 10.0 Å². The molecule has 0 aromatic heterocycles. The van der Waals surface area contributed by atoms with Crippen molar-refractivity contribution in [3.63, 3.8) is 0 Å². The molecule has 21 heavy (non-hydrogen) atoms. The first-order chi connectivity index (χ1) is 9.99. The van der Waals surface area contributed by atoms with Crippen LogP contribution in [0.1, 0.15) is 45.1 Å². The number of allylic oxidation sites excluding steroid dienone is 1. The van der Waals surface area contributed by atoms with Crippen LogP contribution in [0.4, 0.5) is 0 Å². The third-order valence-electron chi connectivity index (χ3n) is 3.31. The van der Waals surface area contributed by atoms with Crippen LogP contribution in [0.15, 0.2) is 46.5 Å². The fourth-order valence-electron chi connectivity index (χ4n) is 1.88. The van der Waals surface area contributed by atoms with Gasteiger partial charge >= 0.3 is 0 Å². The van der Waals surface area contributed by atoms with Gasteiger partial charge in [0.25, 0.3) is 0 Å². The zero-order valence-electron chi connectivity index (χ0n) is 13.1. The van der Waals surface area contributed by atoms with Gasteiger partial charge in [-0.25, -0.2) is 13.1 Å². The Morgan fingerprint density at radius 1 is 1.19 bits per heavy atom. The number of hydrogen-bond donors (Lipinski definition) is 1. The average Bonchev–Trinajstić information content (AvgIpc) is 2.47. The van der Waals surface area contributed by atoms with Crippen LogP contribution in [0.3, 0.4) is 0 Å². The summed E-state index contributed by atoms with van der Waals surface area (Å²) in [6, 6.07) is 6.88. The van der Waals surface area contributed by atoms with Crippen LogP contribution < -0.4 is 4.72 Å². The Morgan fingerprint density at radius 3 is 2.38 bits per heavy atom. The predicted molar refractivity (Wildman–Crippen MR) is 87.8 cm³/mol. The van der Waals surface area contributed by atoms with Crippen LogP contribution in [0.2, 0.25) is 0 Å². The van der Waals surface area contributed by atoms with Crippen molar-refractivity contribution in [2.75, 3.05) is 6.54 Å². The van der Waals surface area contributed by atoms with Crippen molar-refractivity contribution in [3.8, 4) is 0 Å². The minimum Gasteiger partial charge on any atom is -0.211 e. The molecular weight excluding hydrogens is 282 g/mol. The third kappa shape index (κ3) is 6.30. The zero-order chi connectivity index (χ0) is 15.7. The van der Waals surface area contributed by atoms with Gasteiger partial charge in [0.05, 0.1) is 4.90 Å². The molecule has 3 nitrogen and oxygen atoms in total. The quantitative estimate of drug-likeness (QED) is 0.584. The molecule has 0 bridgehead atoms.